The Morgan fingerprint density at radius 3 is 2.35 bits per heavy atom. The highest BCUT2D eigenvalue weighted by Crippen LogP contribution is 2.32. The van der Waals surface area contributed by atoms with Crippen molar-refractivity contribution in [3.05, 3.63) is 36.5 Å². The molecule has 1 aromatic heterocycles. The van der Waals surface area contributed by atoms with Crippen LogP contribution in [0.2, 0.25) is 0 Å². The summed E-state index contributed by atoms with van der Waals surface area (Å²) in [5.74, 6) is -0.761. The smallest absolute Gasteiger partial charge is 0.158 e. The third-order valence-electron chi connectivity index (χ3n) is 2.88. The zero-order chi connectivity index (χ0) is 14.3. The van der Waals surface area contributed by atoms with Gasteiger partial charge >= 0.3 is 0 Å². The maximum absolute atomic E-state index is 9.66. The molecule has 6 heteroatoms. The van der Waals surface area contributed by atoms with Gasteiger partial charge in [0.25, 0.3) is 0 Å². The van der Waals surface area contributed by atoms with Crippen molar-refractivity contribution in [1.82, 2.24) is 9.97 Å². The highest BCUT2D eigenvalue weighted by molar-refractivity contribution is 5.84. The fourth-order valence-electron chi connectivity index (χ4n) is 1.91. The zero-order valence-corrected chi connectivity index (χ0v) is 10.1. The van der Waals surface area contributed by atoms with E-state index >= 15 is 0 Å². The fourth-order valence-corrected chi connectivity index (χ4v) is 1.91. The molecular formula is C14H10N2O4. The van der Waals surface area contributed by atoms with E-state index < -0.39 is 0 Å². The molecule has 0 unspecified atom stereocenters. The van der Waals surface area contributed by atoms with E-state index in [1.807, 2.05) is 0 Å². The molecule has 2 aromatic carbocycles. The SMILES string of the molecule is Oc1cc(O)c2ncc(-c3ccc(O)c(O)c3)nc2c1. The summed E-state index contributed by atoms with van der Waals surface area (Å²) in [6, 6.07) is 6.84. The van der Waals surface area contributed by atoms with E-state index in [2.05, 4.69) is 9.97 Å². The lowest BCUT2D eigenvalue weighted by Crippen LogP contribution is -1.89. The Hall–Kier alpha value is -3.02. The number of phenolic OH excluding ortho intramolecular Hbond substituents is 4. The Kier molecular flexibility index (Phi) is 2.57. The zero-order valence-electron chi connectivity index (χ0n) is 10.1. The van der Waals surface area contributed by atoms with E-state index in [-0.39, 0.29) is 28.5 Å². The van der Waals surface area contributed by atoms with Crippen molar-refractivity contribution in [3.8, 4) is 34.3 Å². The Bertz CT molecular complexity index is 818. The highest BCUT2D eigenvalue weighted by Gasteiger charge is 2.09. The second kappa shape index (κ2) is 4.27. The average Bonchev–Trinajstić information content (AvgIpc) is 2.41. The second-order valence-electron chi connectivity index (χ2n) is 4.29. The van der Waals surface area contributed by atoms with Crippen LogP contribution in [0.3, 0.4) is 0 Å². The quantitative estimate of drug-likeness (QED) is 0.504. The Balaban J connectivity index is 2.19. The summed E-state index contributed by atoms with van der Waals surface area (Å²) in [7, 11) is 0. The monoisotopic (exact) mass is 270 g/mol. The van der Waals surface area contributed by atoms with Crippen molar-refractivity contribution in [1.29, 1.82) is 0 Å². The number of hydrogen-bond acceptors (Lipinski definition) is 6. The third-order valence-corrected chi connectivity index (χ3v) is 2.88. The summed E-state index contributed by atoms with van der Waals surface area (Å²) in [5.41, 5.74) is 1.59. The van der Waals surface area contributed by atoms with Gasteiger partial charge in [-0.05, 0) is 18.2 Å². The maximum atomic E-state index is 9.66. The van der Waals surface area contributed by atoms with Gasteiger partial charge in [-0.1, -0.05) is 0 Å². The van der Waals surface area contributed by atoms with Crippen molar-refractivity contribution in [2.75, 3.05) is 0 Å². The number of aromatic hydroxyl groups is 4. The van der Waals surface area contributed by atoms with Crippen molar-refractivity contribution < 1.29 is 20.4 Å². The molecule has 20 heavy (non-hydrogen) atoms. The predicted molar refractivity (Wildman–Crippen MR) is 71.6 cm³/mol. The van der Waals surface area contributed by atoms with Crippen LogP contribution in [0.1, 0.15) is 0 Å². The number of hydrogen-bond donors (Lipinski definition) is 4. The van der Waals surface area contributed by atoms with Gasteiger partial charge in [0.2, 0.25) is 0 Å². The summed E-state index contributed by atoms with van der Waals surface area (Å²) in [6.07, 6.45) is 1.44. The Morgan fingerprint density at radius 1 is 0.800 bits per heavy atom. The molecule has 0 aliphatic heterocycles. The number of rotatable bonds is 1. The first kappa shape index (κ1) is 12.0. The van der Waals surface area contributed by atoms with Crippen LogP contribution in [0, 0.1) is 0 Å². The van der Waals surface area contributed by atoms with E-state index in [1.54, 1.807) is 6.07 Å². The summed E-state index contributed by atoms with van der Waals surface area (Å²) < 4.78 is 0. The second-order valence-corrected chi connectivity index (χ2v) is 4.29. The standard InChI is InChI=1S/C14H10N2O4/c17-8-4-9-14(13(20)5-8)15-6-10(16-9)7-1-2-11(18)12(19)3-7/h1-6,17-20H. The minimum atomic E-state index is -0.261. The van der Waals surface area contributed by atoms with E-state index in [0.717, 1.165) is 0 Å². The molecule has 100 valence electrons. The molecule has 0 amide bonds. The number of phenols is 4. The van der Waals surface area contributed by atoms with Crippen LogP contribution in [0.25, 0.3) is 22.3 Å². The van der Waals surface area contributed by atoms with Gasteiger partial charge in [0.05, 0.1) is 17.4 Å². The van der Waals surface area contributed by atoms with Gasteiger partial charge in [0, 0.05) is 17.7 Å². The van der Waals surface area contributed by atoms with Crippen LogP contribution in [0.4, 0.5) is 0 Å². The summed E-state index contributed by atoms with van der Waals surface area (Å²) >= 11 is 0. The fraction of sp³-hybridized carbons (Fsp3) is 0. The molecule has 0 saturated heterocycles. The van der Waals surface area contributed by atoms with Crippen LogP contribution < -0.4 is 0 Å². The van der Waals surface area contributed by atoms with E-state index in [1.165, 1.54) is 30.5 Å². The third kappa shape index (κ3) is 1.93. The first-order valence-corrected chi connectivity index (χ1v) is 5.75. The largest absolute Gasteiger partial charge is 0.508 e. The van der Waals surface area contributed by atoms with Gasteiger partial charge in [-0.2, -0.15) is 0 Å². The number of nitrogens with zero attached hydrogens (tertiary/aromatic N) is 2. The van der Waals surface area contributed by atoms with Crippen LogP contribution in [-0.4, -0.2) is 30.4 Å². The van der Waals surface area contributed by atoms with E-state index in [9.17, 15) is 20.4 Å². The van der Waals surface area contributed by atoms with Crippen molar-refractivity contribution in [2.24, 2.45) is 0 Å². The normalized spacial score (nSPS) is 10.8. The summed E-state index contributed by atoms with van der Waals surface area (Å²) in [6.45, 7) is 0. The predicted octanol–water partition coefficient (Wildman–Crippen LogP) is 2.12. The topological polar surface area (TPSA) is 107 Å². The molecular weight excluding hydrogens is 260 g/mol. The molecule has 0 bridgehead atoms. The molecule has 0 radical (unpaired) electrons. The average molecular weight is 270 g/mol. The Labute approximate surface area is 113 Å². The lowest BCUT2D eigenvalue weighted by molar-refractivity contribution is 0.404. The molecule has 0 atom stereocenters. The van der Waals surface area contributed by atoms with Crippen molar-refractivity contribution in [3.63, 3.8) is 0 Å². The highest BCUT2D eigenvalue weighted by atomic mass is 16.3. The minimum absolute atomic E-state index is 0.116. The molecule has 0 aliphatic carbocycles. The minimum Gasteiger partial charge on any atom is -0.508 e. The van der Waals surface area contributed by atoms with Gasteiger partial charge < -0.3 is 20.4 Å². The Morgan fingerprint density at radius 2 is 1.60 bits per heavy atom. The molecule has 0 aliphatic rings. The van der Waals surface area contributed by atoms with E-state index in [0.29, 0.717) is 16.8 Å². The maximum Gasteiger partial charge on any atom is 0.158 e. The molecule has 0 saturated carbocycles. The van der Waals surface area contributed by atoms with Crippen molar-refractivity contribution >= 4 is 11.0 Å². The van der Waals surface area contributed by atoms with Crippen LogP contribution in [0.5, 0.6) is 23.0 Å². The van der Waals surface area contributed by atoms with Crippen LogP contribution in [0.15, 0.2) is 36.5 Å². The number of aromatic nitrogens is 2. The van der Waals surface area contributed by atoms with Gasteiger partial charge in [-0.25, -0.2) is 9.97 Å². The molecule has 6 nitrogen and oxygen atoms in total. The summed E-state index contributed by atoms with van der Waals surface area (Å²) in [4.78, 5) is 8.35. The first-order valence-electron chi connectivity index (χ1n) is 5.75. The summed E-state index contributed by atoms with van der Waals surface area (Å²) in [5, 5.41) is 37.9. The van der Waals surface area contributed by atoms with Gasteiger partial charge in [-0.15, -0.1) is 0 Å². The molecule has 0 fully saturated rings. The first-order chi connectivity index (χ1) is 9.54. The van der Waals surface area contributed by atoms with Crippen LogP contribution in [-0.2, 0) is 0 Å². The molecule has 0 spiro atoms. The molecule has 4 N–H and O–H groups in total. The van der Waals surface area contributed by atoms with Gasteiger partial charge in [0.1, 0.15) is 17.0 Å². The molecule has 3 aromatic rings. The molecule has 3 rings (SSSR count). The van der Waals surface area contributed by atoms with Gasteiger partial charge in [0.15, 0.2) is 11.5 Å². The van der Waals surface area contributed by atoms with Gasteiger partial charge in [-0.3, -0.25) is 0 Å². The van der Waals surface area contributed by atoms with Crippen LogP contribution >= 0.6 is 0 Å². The van der Waals surface area contributed by atoms with E-state index in [4.69, 9.17) is 0 Å². The lowest BCUT2D eigenvalue weighted by atomic mass is 10.1. The number of fused-ring (bicyclic) bond motifs is 1. The lowest BCUT2D eigenvalue weighted by Gasteiger charge is -2.05. The number of benzene rings is 2. The molecule has 1 heterocycles. The van der Waals surface area contributed by atoms with Crippen molar-refractivity contribution in [2.45, 2.75) is 0 Å².